The van der Waals surface area contributed by atoms with Gasteiger partial charge in [0.25, 0.3) is 0 Å². The first kappa shape index (κ1) is 59.8. The molecule has 0 spiro atoms. The molecule has 0 aliphatic rings. The van der Waals surface area contributed by atoms with Crippen molar-refractivity contribution in [1.82, 2.24) is 0 Å². The Bertz CT molecular complexity index is 1410. The molecule has 0 aromatic carbocycles. The van der Waals surface area contributed by atoms with Gasteiger partial charge in [-0.3, -0.25) is 9.59 Å². The van der Waals surface area contributed by atoms with Crippen molar-refractivity contribution in [3.05, 3.63) is 146 Å². The zero-order chi connectivity index (χ0) is 46.3. The van der Waals surface area contributed by atoms with Crippen LogP contribution in [0.4, 0.5) is 0 Å². The number of esters is 2. The first-order chi connectivity index (χ1) is 31.6. The van der Waals surface area contributed by atoms with Crippen molar-refractivity contribution in [1.29, 1.82) is 0 Å². The Morgan fingerprint density at radius 3 is 0.953 bits per heavy atom. The van der Waals surface area contributed by atoms with Crippen molar-refractivity contribution in [3.8, 4) is 0 Å². The highest BCUT2D eigenvalue weighted by Gasteiger charge is 2.16. The molecular weight excluding hydrogens is 789 g/mol. The van der Waals surface area contributed by atoms with Crippen LogP contribution in [-0.4, -0.2) is 36.4 Å². The van der Waals surface area contributed by atoms with Crippen LogP contribution in [0.2, 0.25) is 0 Å². The topological polar surface area (TPSA) is 72.8 Å². The molecule has 0 saturated heterocycles. The van der Waals surface area contributed by atoms with Crippen LogP contribution in [0.15, 0.2) is 146 Å². The van der Waals surface area contributed by atoms with Gasteiger partial charge in [-0.1, -0.05) is 211 Å². The molecule has 0 saturated carbocycles. The van der Waals surface area contributed by atoms with Crippen LogP contribution < -0.4 is 0 Å². The molecule has 358 valence electrons. The van der Waals surface area contributed by atoms with Crippen molar-refractivity contribution < 1.29 is 24.2 Å². The van der Waals surface area contributed by atoms with E-state index in [9.17, 15) is 14.7 Å². The molecule has 0 aliphatic heterocycles. The Balaban J connectivity index is 3.64. The molecule has 5 nitrogen and oxygen atoms in total. The summed E-state index contributed by atoms with van der Waals surface area (Å²) in [5, 5.41) is 9.62. The second-order valence-electron chi connectivity index (χ2n) is 16.1. The van der Waals surface area contributed by atoms with Crippen LogP contribution in [0.1, 0.15) is 194 Å². The number of hydrogen-bond acceptors (Lipinski definition) is 5. The van der Waals surface area contributed by atoms with Crippen molar-refractivity contribution in [2.45, 2.75) is 200 Å². The predicted octanol–water partition coefficient (Wildman–Crippen LogP) is 17.1. The van der Waals surface area contributed by atoms with Crippen LogP contribution in [-0.2, 0) is 19.1 Å². The molecule has 0 aliphatic carbocycles. The maximum absolute atomic E-state index is 12.3. The summed E-state index contributed by atoms with van der Waals surface area (Å²) in [6.45, 7) is 3.86. The molecule has 0 fully saturated rings. The third-order valence-corrected chi connectivity index (χ3v) is 10.1. The zero-order valence-electron chi connectivity index (χ0n) is 40.7. The lowest BCUT2D eigenvalue weighted by Crippen LogP contribution is -2.28. The minimum atomic E-state index is -0.801. The van der Waals surface area contributed by atoms with Crippen LogP contribution >= 0.6 is 0 Å². The molecule has 0 bridgehead atoms. The standard InChI is InChI=1S/C59H92O5/c1-3-5-7-9-11-13-15-17-19-21-23-24-25-26-27-28-29-30-31-32-33-34-36-38-40-42-44-46-48-50-52-54-59(62)64-57(55-60)56-63-58(61)53-51-49-47-45-43-41-39-37-35-22-20-18-16-14-12-10-8-6-4-2/h5-8,11-14,17-20,23-24,26-27,29-30,32-33,35,37,41,43,57,60H,3-4,9-10,15-16,21-22,25,28,31,34,36,38-40,42,44-56H2,1-2H3/b7-5-,8-6-,13-11-,14-12-,19-17-,20-18-,24-23-,27-26-,30-29-,33-32-,37-35-,43-41-. The van der Waals surface area contributed by atoms with Gasteiger partial charge >= 0.3 is 11.9 Å². The fourth-order valence-electron chi connectivity index (χ4n) is 6.38. The third kappa shape index (κ3) is 50.4. The van der Waals surface area contributed by atoms with E-state index in [0.29, 0.717) is 12.8 Å². The van der Waals surface area contributed by atoms with E-state index in [0.717, 1.165) is 128 Å². The average Bonchev–Trinajstić information content (AvgIpc) is 3.30. The van der Waals surface area contributed by atoms with Gasteiger partial charge in [0.05, 0.1) is 6.61 Å². The molecule has 0 aromatic heterocycles. The summed E-state index contributed by atoms with van der Waals surface area (Å²) in [4.78, 5) is 24.4. The molecule has 0 amide bonds. The van der Waals surface area contributed by atoms with Crippen molar-refractivity contribution in [3.63, 3.8) is 0 Å². The minimum Gasteiger partial charge on any atom is -0.462 e. The number of rotatable bonds is 44. The molecule has 0 radical (unpaired) electrons. The molecule has 0 aromatic rings. The lowest BCUT2D eigenvalue weighted by Gasteiger charge is -2.15. The number of aliphatic hydroxyl groups is 1. The molecule has 1 atom stereocenters. The van der Waals surface area contributed by atoms with Gasteiger partial charge in [-0.15, -0.1) is 0 Å². The zero-order valence-corrected chi connectivity index (χ0v) is 40.7. The van der Waals surface area contributed by atoms with Gasteiger partial charge in [0.1, 0.15) is 6.61 Å². The lowest BCUT2D eigenvalue weighted by molar-refractivity contribution is -0.161. The van der Waals surface area contributed by atoms with Gasteiger partial charge in [-0.2, -0.15) is 0 Å². The van der Waals surface area contributed by atoms with E-state index in [1.54, 1.807) is 0 Å². The summed E-state index contributed by atoms with van der Waals surface area (Å²) in [6, 6.07) is 0. The highest BCUT2D eigenvalue weighted by molar-refractivity contribution is 5.70. The summed E-state index contributed by atoms with van der Waals surface area (Å²) in [5.41, 5.74) is 0. The number of hydrogen-bond donors (Lipinski definition) is 1. The van der Waals surface area contributed by atoms with Crippen LogP contribution in [0.3, 0.4) is 0 Å². The largest absolute Gasteiger partial charge is 0.462 e. The smallest absolute Gasteiger partial charge is 0.306 e. The molecule has 0 heterocycles. The van der Waals surface area contributed by atoms with Crippen molar-refractivity contribution >= 4 is 11.9 Å². The fourth-order valence-corrected chi connectivity index (χ4v) is 6.38. The third-order valence-electron chi connectivity index (χ3n) is 10.1. The van der Waals surface area contributed by atoms with Gasteiger partial charge in [-0.05, 0) is 116 Å². The van der Waals surface area contributed by atoms with Gasteiger partial charge in [-0.25, -0.2) is 0 Å². The van der Waals surface area contributed by atoms with Crippen molar-refractivity contribution in [2.75, 3.05) is 13.2 Å². The van der Waals surface area contributed by atoms with E-state index in [-0.39, 0.29) is 25.2 Å². The fraction of sp³-hybridized carbons (Fsp3) is 0.559. The Morgan fingerprint density at radius 1 is 0.359 bits per heavy atom. The second kappa shape index (κ2) is 53.1. The minimum absolute atomic E-state index is 0.0955. The number of carbonyl (C=O) groups excluding carboxylic acids is 2. The predicted molar refractivity (Wildman–Crippen MR) is 278 cm³/mol. The van der Waals surface area contributed by atoms with Gasteiger partial charge in [0.15, 0.2) is 6.10 Å². The number of unbranched alkanes of at least 4 members (excludes halogenated alkanes) is 12. The molecule has 64 heavy (non-hydrogen) atoms. The molecule has 1 N–H and O–H groups in total. The lowest BCUT2D eigenvalue weighted by atomic mass is 10.1. The first-order valence-electron chi connectivity index (χ1n) is 25.4. The molecule has 5 heteroatoms. The Morgan fingerprint density at radius 2 is 0.625 bits per heavy atom. The maximum atomic E-state index is 12.3. The number of aliphatic hydroxyl groups excluding tert-OH is 1. The van der Waals surface area contributed by atoms with E-state index >= 15 is 0 Å². The normalized spacial score (nSPS) is 13.5. The second-order valence-corrected chi connectivity index (χ2v) is 16.1. The van der Waals surface area contributed by atoms with E-state index in [2.05, 4.69) is 160 Å². The van der Waals surface area contributed by atoms with Gasteiger partial charge in [0, 0.05) is 12.8 Å². The van der Waals surface area contributed by atoms with Crippen LogP contribution in [0.5, 0.6) is 0 Å². The van der Waals surface area contributed by atoms with Crippen molar-refractivity contribution in [2.24, 2.45) is 0 Å². The molecule has 1 unspecified atom stereocenters. The Hall–Kier alpha value is -4.22. The summed E-state index contributed by atoms with van der Waals surface area (Å²) in [5.74, 6) is -0.648. The monoisotopic (exact) mass is 881 g/mol. The quantitative estimate of drug-likeness (QED) is 0.0375. The summed E-state index contributed by atoms with van der Waals surface area (Å²) in [7, 11) is 0. The summed E-state index contributed by atoms with van der Waals surface area (Å²) in [6.07, 6.45) is 80.8. The summed E-state index contributed by atoms with van der Waals surface area (Å²) < 4.78 is 10.6. The van der Waals surface area contributed by atoms with E-state index in [1.807, 2.05) is 0 Å². The SMILES string of the molecule is CC/C=C\C/C=C\C/C=C\C/C=C\C/C=C\C/C=C\C/C=C\CCCCCCCCCCCC(=O)OC(CO)COC(=O)CCCCC/C=C\C/C=C\C/C=C\C/C=C\C/C=C\CC. The number of allylic oxidation sites excluding steroid dienone is 24. The highest BCUT2D eigenvalue weighted by Crippen LogP contribution is 2.13. The van der Waals surface area contributed by atoms with Crippen LogP contribution in [0, 0.1) is 0 Å². The molecule has 0 rings (SSSR count). The van der Waals surface area contributed by atoms with E-state index in [4.69, 9.17) is 9.47 Å². The summed E-state index contributed by atoms with van der Waals surface area (Å²) >= 11 is 0. The average molecular weight is 881 g/mol. The first-order valence-corrected chi connectivity index (χ1v) is 25.4. The van der Waals surface area contributed by atoms with Gasteiger partial charge in [0.2, 0.25) is 0 Å². The highest BCUT2D eigenvalue weighted by atomic mass is 16.6. The molecular formula is C59H92O5. The number of ether oxygens (including phenoxy) is 2. The maximum Gasteiger partial charge on any atom is 0.306 e. The van der Waals surface area contributed by atoms with Gasteiger partial charge < -0.3 is 14.6 Å². The Kier molecular flexibility index (Phi) is 49.6. The van der Waals surface area contributed by atoms with E-state index < -0.39 is 6.10 Å². The van der Waals surface area contributed by atoms with E-state index in [1.165, 1.54) is 38.5 Å². The Labute approximate surface area is 393 Å². The number of carbonyl (C=O) groups is 2. The van der Waals surface area contributed by atoms with Crippen LogP contribution in [0.25, 0.3) is 0 Å².